The molecule has 0 aromatic heterocycles. The van der Waals surface area contributed by atoms with Crippen molar-refractivity contribution in [2.24, 2.45) is 5.41 Å². The average Bonchev–Trinajstić information content (AvgIpc) is 2.99. The largest absolute Gasteiger partial charge is 0.480 e. The van der Waals surface area contributed by atoms with Crippen molar-refractivity contribution in [1.29, 1.82) is 0 Å². The molecule has 7 nitrogen and oxygen atoms in total. The lowest BCUT2D eigenvalue weighted by molar-refractivity contribution is -0.152. The summed E-state index contributed by atoms with van der Waals surface area (Å²) in [6.45, 7) is 0.242. The number of carbonyl (C=O) groups excluding carboxylic acids is 1. The van der Waals surface area contributed by atoms with E-state index in [0.717, 1.165) is 10.5 Å². The van der Waals surface area contributed by atoms with Crippen molar-refractivity contribution in [3.63, 3.8) is 0 Å². The lowest BCUT2D eigenvalue weighted by Crippen LogP contribution is -2.46. The second kappa shape index (κ2) is 5.10. The summed E-state index contributed by atoms with van der Waals surface area (Å²) in [5.74, 6) is -1.65. The summed E-state index contributed by atoms with van der Waals surface area (Å²) in [4.78, 5) is 38.0. The molecule has 1 aromatic rings. The number of likely N-dealkylation sites (tertiary alicyclic amines) is 2. The van der Waals surface area contributed by atoms with E-state index in [0.29, 0.717) is 6.54 Å². The molecule has 0 spiro atoms. The van der Waals surface area contributed by atoms with Crippen molar-refractivity contribution in [2.75, 3.05) is 19.6 Å². The molecule has 2 fully saturated rings. The molecule has 7 heteroatoms. The summed E-state index contributed by atoms with van der Waals surface area (Å²) in [6, 6.07) is 8.80. The van der Waals surface area contributed by atoms with Gasteiger partial charge in [0, 0.05) is 19.6 Å². The second-order valence-electron chi connectivity index (χ2n) is 5.77. The van der Waals surface area contributed by atoms with Gasteiger partial charge in [0.25, 0.3) is 0 Å². The first-order valence-electron chi connectivity index (χ1n) is 6.97. The van der Waals surface area contributed by atoms with Gasteiger partial charge in [-0.05, 0) is 5.56 Å². The first-order valence-corrected chi connectivity index (χ1v) is 6.97. The number of carboxylic acids is 1. The van der Waals surface area contributed by atoms with E-state index >= 15 is 0 Å². The third kappa shape index (κ3) is 2.05. The maximum Gasteiger partial charge on any atom is 0.407 e. The number of nitrogens with zero attached hydrogens (tertiary/aromatic N) is 2. The Morgan fingerprint density at radius 2 is 1.91 bits per heavy atom. The highest BCUT2D eigenvalue weighted by atomic mass is 16.4. The van der Waals surface area contributed by atoms with E-state index < -0.39 is 29.3 Å². The highest BCUT2D eigenvalue weighted by Gasteiger charge is 2.64. The average molecular weight is 304 g/mol. The highest BCUT2D eigenvalue weighted by Crippen LogP contribution is 2.41. The van der Waals surface area contributed by atoms with Crippen LogP contribution in [-0.2, 0) is 16.1 Å². The molecule has 1 amide bonds. The molecular formula is C15H16N2O5. The number of aliphatic carboxylic acids is 1. The monoisotopic (exact) mass is 304 g/mol. The van der Waals surface area contributed by atoms with Crippen LogP contribution in [0.2, 0.25) is 0 Å². The van der Waals surface area contributed by atoms with Crippen molar-refractivity contribution >= 4 is 17.8 Å². The first-order chi connectivity index (χ1) is 10.4. The molecule has 2 aliphatic heterocycles. The van der Waals surface area contributed by atoms with E-state index in [-0.39, 0.29) is 19.6 Å². The Balaban J connectivity index is 1.91. The Morgan fingerprint density at radius 3 is 2.50 bits per heavy atom. The van der Waals surface area contributed by atoms with Crippen LogP contribution in [0.1, 0.15) is 5.56 Å². The van der Waals surface area contributed by atoms with Crippen molar-refractivity contribution in [1.82, 2.24) is 9.80 Å². The number of amides is 1. The van der Waals surface area contributed by atoms with Crippen LogP contribution < -0.4 is 0 Å². The smallest absolute Gasteiger partial charge is 0.407 e. The number of hydrogen-bond acceptors (Lipinski definition) is 4. The maximum atomic E-state index is 12.3. The quantitative estimate of drug-likeness (QED) is 0.789. The summed E-state index contributed by atoms with van der Waals surface area (Å²) in [5.41, 5.74) is -0.669. The lowest BCUT2D eigenvalue weighted by Gasteiger charge is -2.25. The molecule has 2 unspecified atom stereocenters. The van der Waals surface area contributed by atoms with Gasteiger partial charge < -0.3 is 15.1 Å². The van der Waals surface area contributed by atoms with E-state index in [2.05, 4.69) is 0 Å². The Hall–Kier alpha value is -2.41. The predicted molar refractivity (Wildman–Crippen MR) is 75.3 cm³/mol. The molecule has 2 atom stereocenters. The molecule has 0 bridgehead atoms. The van der Waals surface area contributed by atoms with E-state index in [1.54, 1.807) is 4.90 Å². The minimum atomic E-state index is -1.63. The van der Waals surface area contributed by atoms with Crippen LogP contribution in [0.5, 0.6) is 0 Å². The van der Waals surface area contributed by atoms with Crippen LogP contribution in [0.4, 0.5) is 4.79 Å². The van der Waals surface area contributed by atoms with Crippen LogP contribution in [-0.4, -0.2) is 63.5 Å². The van der Waals surface area contributed by atoms with Gasteiger partial charge in [0.05, 0.1) is 12.6 Å². The summed E-state index contributed by atoms with van der Waals surface area (Å²) < 4.78 is 0. The molecule has 2 saturated heterocycles. The third-order valence-electron chi connectivity index (χ3n) is 4.57. The van der Waals surface area contributed by atoms with Gasteiger partial charge >= 0.3 is 12.1 Å². The molecule has 2 aliphatic rings. The van der Waals surface area contributed by atoms with Gasteiger partial charge in [-0.3, -0.25) is 14.5 Å². The number of carboxylic acid groups (broad SMARTS) is 2. The fraction of sp³-hybridized carbons (Fsp3) is 0.400. The standard InChI is InChI=1S/C15H16N2O5/c18-12-8-16(6-10-4-2-1-3-5-10)11-7-17(14(21)22)9-15(11,12)13(19)20/h1-5,11H,6-9H2,(H,19,20)(H,21,22). The zero-order valence-electron chi connectivity index (χ0n) is 11.8. The van der Waals surface area contributed by atoms with Crippen LogP contribution in [0.15, 0.2) is 30.3 Å². The molecule has 116 valence electrons. The molecule has 22 heavy (non-hydrogen) atoms. The summed E-state index contributed by atoms with van der Waals surface area (Å²) in [6.07, 6.45) is -1.19. The Labute approximate surface area is 126 Å². The zero-order valence-corrected chi connectivity index (χ0v) is 11.8. The molecule has 0 radical (unpaired) electrons. The van der Waals surface area contributed by atoms with Crippen LogP contribution in [0.3, 0.4) is 0 Å². The number of carbonyl (C=O) groups is 3. The van der Waals surface area contributed by atoms with E-state index in [9.17, 15) is 19.5 Å². The number of benzene rings is 1. The molecule has 0 aliphatic carbocycles. The molecule has 3 rings (SSSR count). The topological polar surface area (TPSA) is 98.2 Å². The summed E-state index contributed by atoms with van der Waals surface area (Å²) in [5, 5.41) is 18.7. The highest BCUT2D eigenvalue weighted by molar-refractivity contribution is 6.07. The minimum Gasteiger partial charge on any atom is -0.480 e. The summed E-state index contributed by atoms with van der Waals surface area (Å²) >= 11 is 0. The van der Waals surface area contributed by atoms with Gasteiger partial charge in [-0.2, -0.15) is 0 Å². The predicted octanol–water partition coefficient (Wildman–Crippen LogP) is 0.505. The fourth-order valence-corrected chi connectivity index (χ4v) is 3.43. The second-order valence-corrected chi connectivity index (χ2v) is 5.77. The first kappa shape index (κ1) is 14.5. The Kier molecular flexibility index (Phi) is 3.37. The van der Waals surface area contributed by atoms with Gasteiger partial charge in [-0.1, -0.05) is 30.3 Å². The number of rotatable bonds is 3. The summed E-state index contributed by atoms with van der Waals surface area (Å²) in [7, 11) is 0. The normalized spacial score (nSPS) is 27.9. The van der Waals surface area contributed by atoms with Gasteiger partial charge in [-0.15, -0.1) is 0 Å². The number of hydrogen-bond donors (Lipinski definition) is 2. The van der Waals surface area contributed by atoms with Crippen molar-refractivity contribution in [3.05, 3.63) is 35.9 Å². The molecule has 0 saturated carbocycles. The maximum absolute atomic E-state index is 12.3. The van der Waals surface area contributed by atoms with Gasteiger partial charge in [0.1, 0.15) is 0 Å². The number of fused-ring (bicyclic) bond motifs is 1. The van der Waals surface area contributed by atoms with E-state index in [1.165, 1.54) is 0 Å². The van der Waals surface area contributed by atoms with Gasteiger partial charge in [-0.25, -0.2) is 4.79 Å². The Morgan fingerprint density at radius 1 is 1.23 bits per heavy atom. The Bertz CT molecular complexity index is 632. The zero-order chi connectivity index (χ0) is 15.9. The van der Waals surface area contributed by atoms with E-state index in [4.69, 9.17) is 5.11 Å². The van der Waals surface area contributed by atoms with Crippen molar-refractivity contribution < 1.29 is 24.6 Å². The van der Waals surface area contributed by atoms with Crippen molar-refractivity contribution in [2.45, 2.75) is 12.6 Å². The molecular weight excluding hydrogens is 288 g/mol. The SMILES string of the molecule is O=C(O)N1CC2N(Cc3ccccc3)CC(=O)C2(C(=O)O)C1. The fourth-order valence-electron chi connectivity index (χ4n) is 3.43. The number of ketones is 1. The third-order valence-corrected chi connectivity index (χ3v) is 4.57. The van der Waals surface area contributed by atoms with E-state index in [1.807, 2.05) is 30.3 Å². The minimum absolute atomic E-state index is 0.0410. The number of Topliss-reactive ketones (excluding diaryl/α,β-unsaturated/α-hetero) is 1. The van der Waals surface area contributed by atoms with Crippen molar-refractivity contribution in [3.8, 4) is 0 Å². The van der Waals surface area contributed by atoms with Crippen LogP contribution in [0.25, 0.3) is 0 Å². The molecule has 2 heterocycles. The molecule has 1 aromatic carbocycles. The van der Waals surface area contributed by atoms with Gasteiger partial charge in [0.15, 0.2) is 11.2 Å². The lowest BCUT2D eigenvalue weighted by atomic mass is 9.82. The van der Waals surface area contributed by atoms with Gasteiger partial charge in [0.2, 0.25) is 0 Å². The van der Waals surface area contributed by atoms with Crippen LogP contribution >= 0.6 is 0 Å². The molecule has 2 N–H and O–H groups in total. The van der Waals surface area contributed by atoms with Crippen LogP contribution in [0, 0.1) is 5.41 Å².